The molecule has 0 rings (SSSR count). The lowest BCUT2D eigenvalue weighted by molar-refractivity contribution is -0.137. The molecule has 0 atom stereocenters. The molecule has 0 aromatic heterocycles. The lowest BCUT2D eigenvalue weighted by Gasteiger charge is -2.02. The van der Waals surface area contributed by atoms with Crippen molar-refractivity contribution >= 4 is 21.9 Å². The maximum absolute atomic E-state index is 10.2. The summed E-state index contributed by atoms with van der Waals surface area (Å²) in [6.07, 6.45) is 5.25. The summed E-state index contributed by atoms with van der Waals surface area (Å²) < 4.78 is 5.36. The van der Waals surface area contributed by atoms with E-state index in [0.29, 0.717) is 6.42 Å². The number of aliphatic carboxylic acids is 1. The second-order valence-corrected chi connectivity index (χ2v) is 4.01. The Morgan fingerprint density at radius 1 is 1.07 bits per heavy atom. The van der Waals surface area contributed by atoms with Crippen LogP contribution >= 0.6 is 15.9 Å². The second kappa shape index (κ2) is 11.0. The Hall–Kier alpha value is -0.0900. The van der Waals surface area contributed by atoms with E-state index in [9.17, 15) is 4.79 Å². The molecule has 0 saturated heterocycles. The van der Waals surface area contributed by atoms with E-state index in [1.165, 1.54) is 0 Å². The number of carboxylic acids is 1. The van der Waals surface area contributed by atoms with Crippen molar-refractivity contribution in [3.63, 3.8) is 0 Å². The van der Waals surface area contributed by atoms with Crippen molar-refractivity contribution in [2.45, 2.75) is 38.5 Å². The minimum atomic E-state index is -0.696. The first-order chi connectivity index (χ1) is 6.77. The summed E-state index contributed by atoms with van der Waals surface area (Å²) in [6, 6.07) is 0. The average molecular weight is 267 g/mol. The molecule has 3 nitrogen and oxygen atoms in total. The first kappa shape index (κ1) is 13.9. The zero-order valence-electron chi connectivity index (χ0n) is 8.51. The molecule has 0 saturated carbocycles. The summed E-state index contributed by atoms with van der Waals surface area (Å²) in [5.41, 5.74) is 0. The summed E-state index contributed by atoms with van der Waals surface area (Å²) in [4.78, 5) is 10.2. The van der Waals surface area contributed by atoms with E-state index >= 15 is 0 Å². The third kappa shape index (κ3) is 11.9. The molecule has 14 heavy (non-hydrogen) atoms. The second-order valence-electron chi connectivity index (χ2n) is 3.21. The molecule has 84 valence electrons. The lowest BCUT2D eigenvalue weighted by Crippen LogP contribution is -1.98. The molecule has 0 aromatic carbocycles. The van der Waals surface area contributed by atoms with Crippen LogP contribution in [-0.4, -0.2) is 29.6 Å². The molecule has 0 spiro atoms. The van der Waals surface area contributed by atoms with Crippen LogP contribution in [0.2, 0.25) is 0 Å². The van der Waals surface area contributed by atoms with Crippen molar-refractivity contribution in [3.8, 4) is 0 Å². The van der Waals surface area contributed by atoms with Crippen LogP contribution < -0.4 is 0 Å². The van der Waals surface area contributed by atoms with Gasteiger partial charge in [0, 0.05) is 25.0 Å². The first-order valence-corrected chi connectivity index (χ1v) is 6.25. The number of carboxylic acid groups (broad SMARTS) is 1. The van der Waals surface area contributed by atoms with Crippen LogP contribution in [-0.2, 0) is 9.53 Å². The summed E-state index contributed by atoms with van der Waals surface area (Å²) >= 11 is 3.33. The molecule has 0 heterocycles. The van der Waals surface area contributed by atoms with Crippen molar-refractivity contribution in [2.24, 2.45) is 0 Å². The number of unbranched alkanes of at least 4 members (excludes halogenated alkanes) is 3. The largest absolute Gasteiger partial charge is 0.481 e. The minimum absolute atomic E-state index is 0.296. The van der Waals surface area contributed by atoms with Crippen LogP contribution in [0.15, 0.2) is 0 Å². The van der Waals surface area contributed by atoms with Crippen molar-refractivity contribution in [1.29, 1.82) is 0 Å². The Morgan fingerprint density at radius 2 is 1.71 bits per heavy atom. The van der Waals surface area contributed by atoms with Crippen LogP contribution in [0.1, 0.15) is 38.5 Å². The van der Waals surface area contributed by atoms with Gasteiger partial charge >= 0.3 is 5.97 Å². The van der Waals surface area contributed by atoms with Gasteiger partial charge in [-0.05, 0) is 19.3 Å². The zero-order valence-corrected chi connectivity index (χ0v) is 10.1. The van der Waals surface area contributed by atoms with Crippen molar-refractivity contribution in [3.05, 3.63) is 0 Å². The van der Waals surface area contributed by atoms with Gasteiger partial charge < -0.3 is 9.84 Å². The summed E-state index contributed by atoms with van der Waals surface area (Å²) in [5, 5.41) is 9.38. The van der Waals surface area contributed by atoms with E-state index in [-0.39, 0.29) is 0 Å². The molecule has 0 aliphatic rings. The minimum Gasteiger partial charge on any atom is -0.481 e. The van der Waals surface area contributed by atoms with Gasteiger partial charge in [-0.25, -0.2) is 0 Å². The lowest BCUT2D eigenvalue weighted by atomic mass is 10.1. The predicted octanol–water partition coefficient (Wildman–Crippen LogP) is 2.82. The fourth-order valence-electron chi connectivity index (χ4n) is 1.09. The van der Waals surface area contributed by atoms with Crippen LogP contribution in [0.4, 0.5) is 0 Å². The standard InChI is InChI=1S/C10H19BrO3/c11-7-5-9-14-8-4-2-1-3-6-10(12)13/h1-9H2,(H,12,13). The quantitative estimate of drug-likeness (QED) is 0.489. The number of carbonyl (C=O) groups is 1. The molecular weight excluding hydrogens is 248 g/mol. The highest BCUT2D eigenvalue weighted by Gasteiger charge is 1.96. The van der Waals surface area contributed by atoms with E-state index in [2.05, 4.69) is 15.9 Å². The molecule has 0 amide bonds. The molecule has 0 aliphatic heterocycles. The number of alkyl halides is 1. The van der Waals surface area contributed by atoms with Gasteiger partial charge in [0.25, 0.3) is 0 Å². The topological polar surface area (TPSA) is 46.5 Å². The van der Waals surface area contributed by atoms with Gasteiger partial charge in [0.1, 0.15) is 0 Å². The summed E-state index contributed by atoms with van der Waals surface area (Å²) in [5.74, 6) is -0.696. The Labute approximate surface area is 94.0 Å². The van der Waals surface area contributed by atoms with Gasteiger partial charge in [0.05, 0.1) is 0 Å². The summed E-state index contributed by atoms with van der Waals surface area (Å²) in [6.45, 7) is 1.63. The van der Waals surface area contributed by atoms with Gasteiger partial charge in [-0.3, -0.25) is 4.79 Å². The predicted molar refractivity (Wildman–Crippen MR) is 60.0 cm³/mol. The maximum Gasteiger partial charge on any atom is 0.303 e. The van der Waals surface area contributed by atoms with Crippen LogP contribution in [0, 0.1) is 0 Å². The molecule has 0 unspecified atom stereocenters. The fourth-order valence-corrected chi connectivity index (χ4v) is 1.32. The van der Waals surface area contributed by atoms with Crippen molar-refractivity contribution in [1.82, 2.24) is 0 Å². The monoisotopic (exact) mass is 266 g/mol. The summed E-state index contributed by atoms with van der Waals surface area (Å²) in [7, 11) is 0. The van der Waals surface area contributed by atoms with Gasteiger partial charge in [-0.1, -0.05) is 28.8 Å². The molecule has 0 fully saturated rings. The zero-order chi connectivity index (χ0) is 10.6. The molecule has 4 heteroatoms. The number of ether oxygens (including phenoxy) is 1. The molecule has 0 aromatic rings. The van der Waals surface area contributed by atoms with Gasteiger partial charge in [0.2, 0.25) is 0 Å². The Morgan fingerprint density at radius 3 is 2.36 bits per heavy atom. The average Bonchev–Trinajstić information content (AvgIpc) is 2.15. The Bertz CT molecular complexity index is 139. The molecular formula is C10H19BrO3. The normalized spacial score (nSPS) is 10.4. The third-order valence-corrected chi connectivity index (χ3v) is 2.41. The highest BCUT2D eigenvalue weighted by Crippen LogP contribution is 2.03. The van der Waals surface area contributed by atoms with Gasteiger partial charge in [0.15, 0.2) is 0 Å². The van der Waals surface area contributed by atoms with E-state index in [4.69, 9.17) is 9.84 Å². The Kier molecular flexibility index (Phi) is 10.9. The molecule has 1 N–H and O–H groups in total. The first-order valence-electron chi connectivity index (χ1n) is 5.13. The van der Waals surface area contributed by atoms with E-state index in [0.717, 1.165) is 50.6 Å². The Balaban J connectivity index is 2.88. The van der Waals surface area contributed by atoms with Gasteiger partial charge in [-0.2, -0.15) is 0 Å². The number of hydrogen-bond acceptors (Lipinski definition) is 2. The number of rotatable bonds is 10. The number of halogens is 1. The van der Waals surface area contributed by atoms with E-state index in [1.54, 1.807) is 0 Å². The van der Waals surface area contributed by atoms with Crippen LogP contribution in [0.3, 0.4) is 0 Å². The highest BCUT2D eigenvalue weighted by atomic mass is 79.9. The smallest absolute Gasteiger partial charge is 0.303 e. The van der Waals surface area contributed by atoms with Crippen molar-refractivity contribution < 1.29 is 14.6 Å². The molecule has 0 bridgehead atoms. The molecule has 0 radical (unpaired) electrons. The van der Waals surface area contributed by atoms with Gasteiger partial charge in [-0.15, -0.1) is 0 Å². The van der Waals surface area contributed by atoms with Crippen LogP contribution in [0.25, 0.3) is 0 Å². The van der Waals surface area contributed by atoms with Crippen molar-refractivity contribution in [2.75, 3.05) is 18.5 Å². The van der Waals surface area contributed by atoms with E-state index in [1.807, 2.05) is 0 Å². The maximum atomic E-state index is 10.2. The highest BCUT2D eigenvalue weighted by molar-refractivity contribution is 9.09. The molecule has 0 aliphatic carbocycles. The fraction of sp³-hybridized carbons (Fsp3) is 0.900. The third-order valence-electron chi connectivity index (χ3n) is 1.85. The number of hydrogen-bond donors (Lipinski definition) is 1. The van der Waals surface area contributed by atoms with E-state index < -0.39 is 5.97 Å². The van der Waals surface area contributed by atoms with Crippen LogP contribution in [0.5, 0.6) is 0 Å². The SMILES string of the molecule is O=C(O)CCCCCCOCCCBr.